The summed E-state index contributed by atoms with van der Waals surface area (Å²) in [5.41, 5.74) is 3.37. The van der Waals surface area contributed by atoms with Gasteiger partial charge in [0.05, 0.1) is 18.2 Å². The first kappa shape index (κ1) is 19.6. The van der Waals surface area contributed by atoms with Crippen LogP contribution in [0.2, 0.25) is 0 Å². The lowest BCUT2D eigenvalue weighted by Gasteiger charge is -2.25. The number of benzene rings is 2. The number of hydrogen-bond donors (Lipinski definition) is 1. The van der Waals surface area contributed by atoms with Crippen LogP contribution in [0.25, 0.3) is 5.69 Å². The van der Waals surface area contributed by atoms with Gasteiger partial charge in [-0.3, -0.25) is 19.6 Å². The number of rotatable bonds is 5. The first-order chi connectivity index (χ1) is 15.2. The summed E-state index contributed by atoms with van der Waals surface area (Å²) in [6.45, 7) is 2.67. The van der Waals surface area contributed by atoms with Crippen molar-refractivity contribution in [3.8, 4) is 5.69 Å². The third kappa shape index (κ3) is 4.26. The van der Waals surface area contributed by atoms with Gasteiger partial charge in [-0.1, -0.05) is 30.3 Å². The molecule has 0 bridgehead atoms. The fourth-order valence-electron chi connectivity index (χ4n) is 3.71. The molecule has 0 unspecified atom stereocenters. The molecule has 4 aromatic rings. The zero-order valence-electron chi connectivity index (χ0n) is 16.7. The standard InChI is InChI=1S/C23H20FN5OS/c24-17-6-8-18(9-7-17)29-15-25-12-20(29)22(30)27-23-26-19-10-11-28(14-21(19)31-23)13-16-4-2-1-3-5-16/h1-9,12,15H,10-11,13-14H2,(H,26,27,30). The molecule has 0 radical (unpaired) electrons. The third-order valence-electron chi connectivity index (χ3n) is 5.26. The number of nitrogens with one attached hydrogen (secondary N) is 1. The molecule has 31 heavy (non-hydrogen) atoms. The number of imidazole rings is 1. The second-order valence-electron chi connectivity index (χ2n) is 7.41. The first-order valence-corrected chi connectivity index (χ1v) is 10.8. The number of fused-ring (bicyclic) bond motifs is 1. The van der Waals surface area contributed by atoms with E-state index in [-0.39, 0.29) is 11.7 Å². The number of amides is 1. The summed E-state index contributed by atoms with van der Waals surface area (Å²) in [5.74, 6) is -0.626. The van der Waals surface area contributed by atoms with E-state index in [9.17, 15) is 9.18 Å². The van der Waals surface area contributed by atoms with Gasteiger partial charge in [0.1, 0.15) is 11.5 Å². The van der Waals surface area contributed by atoms with Crippen LogP contribution in [0.15, 0.2) is 67.1 Å². The third-order valence-corrected chi connectivity index (χ3v) is 6.25. The van der Waals surface area contributed by atoms with Crippen LogP contribution in [0.4, 0.5) is 9.52 Å². The molecule has 0 saturated carbocycles. The lowest BCUT2D eigenvalue weighted by atomic mass is 10.1. The fraction of sp³-hybridized carbons (Fsp3) is 0.174. The maximum Gasteiger partial charge on any atom is 0.276 e. The van der Waals surface area contributed by atoms with Crippen LogP contribution in [0, 0.1) is 5.82 Å². The smallest absolute Gasteiger partial charge is 0.276 e. The molecule has 2 aromatic heterocycles. The zero-order valence-corrected chi connectivity index (χ0v) is 17.5. The molecule has 1 aliphatic heterocycles. The van der Waals surface area contributed by atoms with E-state index in [1.807, 2.05) is 6.07 Å². The second kappa shape index (κ2) is 8.41. The number of aromatic nitrogens is 3. The summed E-state index contributed by atoms with van der Waals surface area (Å²) in [6.07, 6.45) is 3.90. The van der Waals surface area contributed by atoms with E-state index in [1.165, 1.54) is 46.4 Å². The molecule has 0 aliphatic carbocycles. The van der Waals surface area contributed by atoms with Gasteiger partial charge >= 0.3 is 0 Å². The summed E-state index contributed by atoms with van der Waals surface area (Å²) in [4.78, 5) is 25.2. The SMILES string of the molecule is O=C(Nc1nc2c(s1)CN(Cc1ccccc1)CC2)c1cncn1-c1ccc(F)cc1. The van der Waals surface area contributed by atoms with Crippen LogP contribution < -0.4 is 5.32 Å². The number of nitrogens with zero attached hydrogens (tertiary/aromatic N) is 4. The Labute approximate surface area is 183 Å². The topological polar surface area (TPSA) is 63.1 Å². The molecule has 1 N–H and O–H groups in total. The average Bonchev–Trinajstić information content (AvgIpc) is 3.41. The van der Waals surface area contributed by atoms with Gasteiger partial charge in [-0.2, -0.15) is 0 Å². The van der Waals surface area contributed by atoms with E-state index >= 15 is 0 Å². The van der Waals surface area contributed by atoms with Crippen molar-refractivity contribution in [2.24, 2.45) is 0 Å². The summed E-state index contributed by atoms with van der Waals surface area (Å²) >= 11 is 1.51. The predicted octanol–water partition coefficient (Wildman–Crippen LogP) is 4.28. The van der Waals surface area contributed by atoms with Gasteiger partial charge in [-0.25, -0.2) is 14.4 Å². The monoisotopic (exact) mass is 433 g/mol. The van der Waals surface area contributed by atoms with Gasteiger partial charge in [0.15, 0.2) is 5.13 Å². The lowest BCUT2D eigenvalue weighted by molar-refractivity contribution is 0.102. The van der Waals surface area contributed by atoms with Gasteiger partial charge in [0.25, 0.3) is 5.91 Å². The van der Waals surface area contributed by atoms with E-state index in [1.54, 1.807) is 16.7 Å². The molecule has 0 saturated heterocycles. The van der Waals surface area contributed by atoms with Crippen molar-refractivity contribution in [1.82, 2.24) is 19.4 Å². The second-order valence-corrected chi connectivity index (χ2v) is 8.50. The Kier molecular flexibility index (Phi) is 5.31. The van der Waals surface area contributed by atoms with E-state index in [0.717, 1.165) is 31.7 Å². The van der Waals surface area contributed by atoms with E-state index < -0.39 is 0 Å². The minimum atomic E-state index is -0.329. The quantitative estimate of drug-likeness (QED) is 0.510. The van der Waals surface area contributed by atoms with Crippen molar-refractivity contribution in [1.29, 1.82) is 0 Å². The first-order valence-electron chi connectivity index (χ1n) is 10.0. The van der Waals surface area contributed by atoms with E-state index in [0.29, 0.717) is 16.5 Å². The Balaban J connectivity index is 1.29. The molecule has 1 aliphatic rings. The molecule has 6 nitrogen and oxygen atoms in total. The van der Waals surface area contributed by atoms with Crippen molar-refractivity contribution in [2.45, 2.75) is 19.5 Å². The maximum atomic E-state index is 13.2. The van der Waals surface area contributed by atoms with Crippen LogP contribution in [0.5, 0.6) is 0 Å². The highest BCUT2D eigenvalue weighted by molar-refractivity contribution is 7.15. The minimum Gasteiger partial charge on any atom is -0.296 e. The number of carbonyl (C=O) groups excluding carboxylic acids is 1. The normalized spacial score (nSPS) is 13.7. The molecular formula is C23H20FN5OS. The van der Waals surface area contributed by atoms with Crippen molar-refractivity contribution in [2.75, 3.05) is 11.9 Å². The molecule has 0 fully saturated rings. The molecule has 5 rings (SSSR count). The van der Waals surface area contributed by atoms with Gasteiger partial charge in [0, 0.05) is 36.6 Å². The van der Waals surface area contributed by atoms with Gasteiger partial charge in [-0.05, 0) is 29.8 Å². The Bertz CT molecular complexity index is 1200. The Morgan fingerprint density at radius 3 is 2.74 bits per heavy atom. The van der Waals surface area contributed by atoms with Crippen molar-refractivity contribution >= 4 is 22.4 Å². The van der Waals surface area contributed by atoms with Gasteiger partial charge in [0.2, 0.25) is 0 Å². The zero-order chi connectivity index (χ0) is 21.2. The number of anilines is 1. The number of hydrogen-bond acceptors (Lipinski definition) is 5. The summed E-state index contributed by atoms with van der Waals surface area (Å²) in [6, 6.07) is 16.3. The highest BCUT2D eigenvalue weighted by Gasteiger charge is 2.22. The maximum absolute atomic E-state index is 13.2. The Morgan fingerprint density at radius 2 is 1.94 bits per heavy atom. The van der Waals surface area contributed by atoms with E-state index in [4.69, 9.17) is 0 Å². The number of thiazole rings is 1. The van der Waals surface area contributed by atoms with Crippen molar-refractivity contribution < 1.29 is 9.18 Å². The molecular weight excluding hydrogens is 413 g/mol. The Morgan fingerprint density at radius 1 is 1.13 bits per heavy atom. The Hall–Kier alpha value is -3.36. The number of halogens is 1. The number of carbonyl (C=O) groups is 1. The molecule has 3 heterocycles. The van der Waals surface area contributed by atoms with Gasteiger partial charge in [-0.15, -0.1) is 11.3 Å². The summed E-state index contributed by atoms with van der Waals surface area (Å²) in [5, 5.41) is 3.49. The average molecular weight is 434 g/mol. The lowest BCUT2D eigenvalue weighted by Crippen LogP contribution is -2.29. The molecule has 2 aromatic carbocycles. The van der Waals surface area contributed by atoms with Gasteiger partial charge < -0.3 is 0 Å². The highest BCUT2D eigenvalue weighted by Crippen LogP contribution is 2.29. The van der Waals surface area contributed by atoms with E-state index in [2.05, 4.69) is 44.5 Å². The van der Waals surface area contributed by atoms with Crippen LogP contribution in [0.3, 0.4) is 0 Å². The largest absolute Gasteiger partial charge is 0.296 e. The molecule has 8 heteroatoms. The van der Waals surface area contributed by atoms with Crippen LogP contribution in [-0.4, -0.2) is 31.9 Å². The fourth-order valence-corrected chi connectivity index (χ4v) is 4.76. The summed E-state index contributed by atoms with van der Waals surface area (Å²) in [7, 11) is 0. The van der Waals surface area contributed by atoms with Crippen molar-refractivity contribution in [3.05, 3.63) is 94.8 Å². The van der Waals surface area contributed by atoms with Crippen LogP contribution in [0.1, 0.15) is 26.6 Å². The molecule has 1 amide bonds. The highest BCUT2D eigenvalue weighted by atomic mass is 32.1. The predicted molar refractivity (Wildman–Crippen MR) is 118 cm³/mol. The molecule has 0 atom stereocenters. The van der Waals surface area contributed by atoms with Crippen molar-refractivity contribution in [3.63, 3.8) is 0 Å². The summed E-state index contributed by atoms with van der Waals surface area (Å²) < 4.78 is 14.9. The van der Waals surface area contributed by atoms with Crippen LogP contribution >= 0.6 is 11.3 Å². The molecule has 156 valence electrons. The minimum absolute atomic E-state index is 0.297. The molecule has 0 spiro atoms. The van der Waals surface area contributed by atoms with Crippen LogP contribution in [-0.2, 0) is 19.5 Å².